The second-order valence-corrected chi connectivity index (χ2v) is 6.03. The summed E-state index contributed by atoms with van der Waals surface area (Å²) in [6.45, 7) is 1.22. The molecule has 0 radical (unpaired) electrons. The maximum absolute atomic E-state index is 13.8. The molecular weight excluding hydrogens is 369 g/mol. The van der Waals surface area contributed by atoms with E-state index in [4.69, 9.17) is 0 Å². The van der Waals surface area contributed by atoms with Crippen LogP contribution >= 0.6 is 0 Å². The first-order valence-electron chi connectivity index (χ1n) is 8.27. The maximum atomic E-state index is 13.8. The fourth-order valence-corrected chi connectivity index (χ4v) is 2.64. The third-order valence-electron chi connectivity index (χ3n) is 3.92. The summed E-state index contributed by atoms with van der Waals surface area (Å²) < 4.78 is 40.7. The van der Waals surface area contributed by atoms with E-state index >= 15 is 0 Å². The zero-order valence-corrected chi connectivity index (χ0v) is 14.7. The molecule has 0 unspecified atom stereocenters. The van der Waals surface area contributed by atoms with Gasteiger partial charge in [0.2, 0.25) is 5.91 Å². The highest BCUT2D eigenvalue weighted by molar-refractivity contribution is 6.07. The molecule has 0 saturated carbocycles. The quantitative estimate of drug-likeness (QED) is 0.666. The van der Waals surface area contributed by atoms with E-state index in [1.807, 2.05) is 0 Å². The smallest absolute Gasteiger partial charge is 0.255 e. The first-order valence-corrected chi connectivity index (χ1v) is 8.27. The van der Waals surface area contributed by atoms with Crippen molar-refractivity contribution in [3.8, 4) is 11.1 Å². The van der Waals surface area contributed by atoms with E-state index in [1.54, 1.807) is 0 Å². The van der Waals surface area contributed by atoms with Crippen molar-refractivity contribution in [2.45, 2.75) is 6.92 Å². The molecule has 0 fully saturated rings. The summed E-state index contributed by atoms with van der Waals surface area (Å²) in [6.07, 6.45) is 0. The highest BCUT2D eigenvalue weighted by Crippen LogP contribution is 2.30. The first-order chi connectivity index (χ1) is 13.3. The normalized spacial score (nSPS) is 10.4. The van der Waals surface area contributed by atoms with Crippen LogP contribution in [-0.4, -0.2) is 11.8 Å². The molecule has 0 aliphatic carbocycles. The third kappa shape index (κ3) is 4.37. The zero-order valence-electron chi connectivity index (χ0n) is 14.7. The molecule has 4 nitrogen and oxygen atoms in total. The van der Waals surface area contributed by atoms with Crippen molar-refractivity contribution in [1.29, 1.82) is 0 Å². The number of amides is 2. The Morgan fingerprint density at radius 3 is 2.11 bits per heavy atom. The van der Waals surface area contributed by atoms with Crippen LogP contribution in [0.25, 0.3) is 11.1 Å². The molecule has 0 heterocycles. The van der Waals surface area contributed by atoms with Gasteiger partial charge < -0.3 is 10.6 Å². The van der Waals surface area contributed by atoms with E-state index in [9.17, 15) is 22.8 Å². The van der Waals surface area contributed by atoms with Crippen LogP contribution in [0.15, 0.2) is 60.7 Å². The Morgan fingerprint density at radius 2 is 1.43 bits per heavy atom. The number of rotatable bonds is 4. The standard InChI is InChI=1S/C21H15F3N2O2/c1-12(27)25-20-10-14(4-8-18(20)24)21(28)26-19-9-7-16(23)11-17(19)13-2-5-15(22)6-3-13/h2-11H,1H3,(H,25,27)(H,26,28). The van der Waals surface area contributed by atoms with E-state index in [-0.39, 0.29) is 11.3 Å². The molecule has 0 bridgehead atoms. The van der Waals surface area contributed by atoms with Crippen molar-refractivity contribution >= 4 is 23.2 Å². The molecule has 0 aliphatic heterocycles. The van der Waals surface area contributed by atoms with Gasteiger partial charge in [-0.1, -0.05) is 12.1 Å². The fourth-order valence-electron chi connectivity index (χ4n) is 2.64. The zero-order chi connectivity index (χ0) is 20.3. The van der Waals surface area contributed by atoms with Crippen molar-refractivity contribution in [1.82, 2.24) is 0 Å². The lowest BCUT2D eigenvalue weighted by atomic mass is 10.0. The number of hydrogen-bond acceptors (Lipinski definition) is 2. The highest BCUT2D eigenvalue weighted by atomic mass is 19.1. The Labute approximate surface area is 159 Å². The molecule has 28 heavy (non-hydrogen) atoms. The van der Waals surface area contributed by atoms with Crippen LogP contribution in [0, 0.1) is 17.5 Å². The topological polar surface area (TPSA) is 58.2 Å². The van der Waals surface area contributed by atoms with Gasteiger partial charge in [0.1, 0.15) is 17.5 Å². The molecule has 7 heteroatoms. The summed E-state index contributed by atoms with van der Waals surface area (Å²) in [7, 11) is 0. The van der Waals surface area contributed by atoms with E-state index < -0.39 is 29.3 Å². The summed E-state index contributed by atoms with van der Waals surface area (Å²) in [5, 5.41) is 4.94. The van der Waals surface area contributed by atoms with Crippen molar-refractivity contribution in [3.05, 3.63) is 83.7 Å². The number of nitrogens with one attached hydrogen (secondary N) is 2. The van der Waals surface area contributed by atoms with Crippen molar-refractivity contribution in [2.75, 3.05) is 10.6 Å². The van der Waals surface area contributed by atoms with Crippen molar-refractivity contribution < 1.29 is 22.8 Å². The first kappa shape index (κ1) is 19.2. The van der Waals surface area contributed by atoms with Crippen molar-refractivity contribution in [3.63, 3.8) is 0 Å². The summed E-state index contributed by atoms with van der Waals surface area (Å²) in [5.41, 5.74) is 1.13. The summed E-state index contributed by atoms with van der Waals surface area (Å²) in [5.74, 6) is -2.70. The lowest BCUT2D eigenvalue weighted by Crippen LogP contribution is -2.14. The second-order valence-electron chi connectivity index (χ2n) is 6.03. The van der Waals surface area contributed by atoms with Gasteiger partial charge in [0.15, 0.2) is 0 Å². The second kappa shape index (κ2) is 7.96. The van der Waals surface area contributed by atoms with Crippen LogP contribution in [0.5, 0.6) is 0 Å². The molecular formula is C21H15F3N2O2. The minimum Gasteiger partial charge on any atom is -0.324 e. The Morgan fingerprint density at radius 1 is 0.750 bits per heavy atom. The lowest BCUT2D eigenvalue weighted by Gasteiger charge is -2.13. The van der Waals surface area contributed by atoms with Gasteiger partial charge in [-0.2, -0.15) is 0 Å². The molecule has 0 aliphatic rings. The minimum atomic E-state index is -0.680. The Bertz CT molecular complexity index is 1050. The molecule has 3 aromatic rings. The van der Waals surface area contributed by atoms with E-state index in [1.165, 1.54) is 61.5 Å². The monoisotopic (exact) mass is 384 g/mol. The van der Waals surface area contributed by atoms with Gasteiger partial charge in [0, 0.05) is 23.7 Å². The SMILES string of the molecule is CC(=O)Nc1cc(C(=O)Nc2ccc(F)cc2-c2ccc(F)cc2)ccc1F. The molecule has 3 rings (SSSR count). The van der Waals surface area contributed by atoms with E-state index in [0.29, 0.717) is 16.8 Å². The number of carbonyl (C=O) groups excluding carboxylic acids is 2. The van der Waals surface area contributed by atoms with Crippen LogP contribution in [-0.2, 0) is 4.79 Å². The Hall–Kier alpha value is -3.61. The van der Waals surface area contributed by atoms with Crippen LogP contribution in [0.1, 0.15) is 17.3 Å². The molecule has 0 atom stereocenters. The average molecular weight is 384 g/mol. The van der Waals surface area contributed by atoms with E-state index in [2.05, 4.69) is 10.6 Å². The number of hydrogen-bond donors (Lipinski definition) is 2. The predicted octanol–water partition coefficient (Wildman–Crippen LogP) is 4.98. The van der Waals surface area contributed by atoms with Crippen LogP contribution in [0.2, 0.25) is 0 Å². The molecule has 2 N–H and O–H groups in total. The van der Waals surface area contributed by atoms with Gasteiger partial charge in [-0.3, -0.25) is 9.59 Å². The minimum absolute atomic E-state index is 0.0968. The van der Waals surface area contributed by atoms with Gasteiger partial charge >= 0.3 is 0 Å². The van der Waals surface area contributed by atoms with Gasteiger partial charge in [-0.25, -0.2) is 13.2 Å². The van der Waals surface area contributed by atoms with Gasteiger partial charge in [0.25, 0.3) is 5.91 Å². The maximum Gasteiger partial charge on any atom is 0.255 e. The molecule has 0 saturated heterocycles. The molecule has 0 aromatic heterocycles. The molecule has 3 aromatic carbocycles. The molecule has 0 spiro atoms. The van der Waals surface area contributed by atoms with Gasteiger partial charge in [-0.05, 0) is 54.1 Å². The van der Waals surface area contributed by atoms with E-state index in [0.717, 1.165) is 6.07 Å². The van der Waals surface area contributed by atoms with Crippen LogP contribution in [0.4, 0.5) is 24.5 Å². The lowest BCUT2D eigenvalue weighted by molar-refractivity contribution is -0.114. The summed E-state index contributed by atoms with van der Waals surface area (Å²) in [4.78, 5) is 23.7. The average Bonchev–Trinajstić information content (AvgIpc) is 2.65. The molecule has 142 valence electrons. The van der Waals surface area contributed by atoms with Crippen molar-refractivity contribution in [2.24, 2.45) is 0 Å². The predicted molar refractivity (Wildman–Crippen MR) is 100 cm³/mol. The number of halogens is 3. The number of carbonyl (C=O) groups is 2. The summed E-state index contributed by atoms with van der Waals surface area (Å²) >= 11 is 0. The summed E-state index contributed by atoms with van der Waals surface area (Å²) in [6, 6.07) is 12.7. The van der Waals surface area contributed by atoms with Crippen LogP contribution in [0.3, 0.4) is 0 Å². The van der Waals surface area contributed by atoms with Crippen LogP contribution < -0.4 is 10.6 Å². The number of benzene rings is 3. The Kier molecular flexibility index (Phi) is 5.44. The highest BCUT2D eigenvalue weighted by Gasteiger charge is 2.14. The molecule has 2 amide bonds. The third-order valence-corrected chi connectivity index (χ3v) is 3.92. The fraction of sp³-hybridized carbons (Fsp3) is 0.0476. The number of anilines is 2. The van der Waals surface area contributed by atoms with Gasteiger partial charge in [0.05, 0.1) is 5.69 Å². The Balaban J connectivity index is 1.93. The van der Waals surface area contributed by atoms with Gasteiger partial charge in [-0.15, -0.1) is 0 Å². The largest absolute Gasteiger partial charge is 0.324 e.